The highest BCUT2D eigenvalue weighted by Gasteiger charge is 2.35. The van der Waals surface area contributed by atoms with Gasteiger partial charge in [-0.15, -0.1) is 0 Å². The Labute approximate surface area is 129 Å². The van der Waals surface area contributed by atoms with Gasteiger partial charge in [0.25, 0.3) is 0 Å². The summed E-state index contributed by atoms with van der Waals surface area (Å²) in [6.07, 6.45) is 3.82. The molecule has 2 aromatic rings. The van der Waals surface area contributed by atoms with E-state index in [2.05, 4.69) is 34.1 Å². The molecule has 3 rings (SSSR count). The van der Waals surface area contributed by atoms with Crippen molar-refractivity contribution >= 4 is 17.5 Å². The van der Waals surface area contributed by atoms with Gasteiger partial charge in [-0.05, 0) is 17.5 Å². The molecule has 0 fully saturated rings. The zero-order chi connectivity index (χ0) is 15.5. The minimum absolute atomic E-state index is 0.0142. The first kappa shape index (κ1) is 14.4. The Bertz CT molecular complexity index is 661. The predicted molar refractivity (Wildman–Crippen MR) is 84.3 cm³/mol. The van der Waals surface area contributed by atoms with Crippen LogP contribution in [0.2, 0.25) is 0 Å². The summed E-state index contributed by atoms with van der Waals surface area (Å²) in [5.41, 5.74) is 1.92. The van der Waals surface area contributed by atoms with Gasteiger partial charge in [-0.1, -0.05) is 38.5 Å². The topological polar surface area (TPSA) is 71.0 Å². The maximum absolute atomic E-state index is 12.7. The van der Waals surface area contributed by atoms with Crippen molar-refractivity contribution < 1.29 is 4.79 Å². The fourth-order valence-electron chi connectivity index (χ4n) is 2.78. The normalized spacial score (nSPS) is 19.1. The van der Waals surface area contributed by atoms with Crippen LogP contribution in [-0.2, 0) is 11.3 Å². The highest BCUT2D eigenvalue weighted by molar-refractivity contribution is 5.98. The first-order valence-electron chi connectivity index (χ1n) is 7.48. The maximum atomic E-state index is 12.7. The van der Waals surface area contributed by atoms with Crippen molar-refractivity contribution in [3.8, 4) is 0 Å². The number of nitrogens with zero attached hydrogens (tertiary/aromatic N) is 4. The van der Waals surface area contributed by atoms with Crippen LogP contribution in [0.1, 0.15) is 25.8 Å². The van der Waals surface area contributed by atoms with Crippen molar-refractivity contribution in [1.82, 2.24) is 15.0 Å². The molecule has 1 unspecified atom stereocenters. The molecular formula is C16H19N5O. The first-order valence-corrected chi connectivity index (χ1v) is 7.48. The summed E-state index contributed by atoms with van der Waals surface area (Å²) in [5, 5.41) is 3.04. The van der Waals surface area contributed by atoms with E-state index in [0.29, 0.717) is 12.5 Å². The maximum Gasteiger partial charge on any atom is 0.247 e. The number of hydrogen-bond donors (Lipinski definition) is 1. The van der Waals surface area contributed by atoms with Gasteiger partial charge in [-0.25, -0.2) is 15.0 Å². The second kappa shape index (κ2) is 6.09. The number of hydrogen-bond acceptors (Lipinski definition) is 5. The lowest BCUT2D eigenvalue weighted by molar-refractivity contribution is -0.118. The van der Waals surface area contributed by atoms with Crippen molar-refractivity contribution in [2.75, 3.05) is 10.2 Å². The van der Waals surface area contributed by atoms with Crippen molar-refractivity contribution in [3.05, 3.63) is 42.5 Å². The first-order chi connectivity index (χ1) is 10.7. The van der Waals surface area contributed by atoms with Gasteiger partial charge in [-0.2, -0.15) is 0 Å². The molecule has 22 heavy (non-hydrogen) atoms. The minimum Gasteiger partial charge on any atom is -0.324 e. The standard InChI is InChI=1S/C16H19N5O/c1-3-11(2)14-15(22)20-13-7-5-4-6-12(13)8-21(14)16-18-9-17-10-19-16/h4-7,9-11,14H,3,8H2,1-2H3,(H,20,22)/t11?,14-/m0/s1. The molecule has 6 nitrogen and oxygen atoms in total. The Morgan fingerprint density at radius 2 is 2.05 bits per heavy atom. The van der Waals surface area contributed by atoms with E-state index in [1.807, 2.05) is 29.2 Å². The van der Waals surface area contributed by atoms with E-state index in [1.54, 1.807) is 0 Å². The molecule has 0 saturated heterocycles. The molecular weight excluding hydrogens is 278 g/mol. The van der Waals surface area contributed by atoms with Gasteiger partial charge >= 0.3 is 0 Å². The number of nitrogens with one attached hydrogen (secondary N) is 1. The molecule has 0 saturated carbocycles. The number of benzene rings is 1. The average molecular weight is 297 g/mol. The lowest BCUT2D eigenvalue weighted by atomic mass is 9.97. The van der Waals surface area contributed by atoms with Crippen molar-refractivity contribution in [2.24, 2.45) is 5.92 Å². The largest absolute Gasteiger partial charge is 0.324 e. The van der Waals surface area contributed by atoms with E-state index in [-0.39, 0.29) is 17.9 Å². The van der Waals surface area contributed by atoms with E-state index < -0.39 is 0 Å². The van der Waals surface area contributed by atoms with E-state index >= 15 is 0 Å². The molecule has 2 atom stereocenters. The zero-order valence-electron chi connectivity index (χ0n) is 12.7. The number of carbonyl (C=O) groups is 1. The minimum atomic E-state index is -0.306. The van der Waals surface area contributed by atoms with E-state index in [1.165, 1.54) is 12.7 Å². The molecule has 0 spiro atoms. The quantitative estimate of drug-likeness (QED) is 0.940. The molecule has 1 amide bonds. The van der Waals surface area contributed by atoms with Gasteiger partial charge in [0.05, 0.1) is 0 Å². The highest BCUT2D eigenvalue weighted by atomic mass is 16.2. The Kier molecular flexibility index (Phi) is 4.00. The summed E-state index contributed by atoms with van der Waals surface area (Å²) in [6, 6.07) is 7.54. The van der Waals surface area contributed by atoms with Gasteiger partial charge in [0.15, 0.2) is 0 Å². The summed E-state index contributed by atoms with van der Waals surface area (Å²) < 4.78 is 0. The number of amides is 1. The third kappa shape index (κ3) is 2.64. The third-order valence-corrected chi connectivity index (χ3v) is 4.14. The van der Waals surface area contributed by atoms with Gasteiger partial charge < -0.3 is 10.2 Å². The number of fused-ring (bicyclic) bond motifs is 1. The molecule has 0 aliphatic carbocycles. The summed E-state index contributed by atoms with van der Waals surface area (Å²) in [4.78, 5) is 27.1. The van der Waals surface area contributed by atoms with Crippen LogP contribution < -0.4 is 10.2 Å². The third-order valence-electron chi connectivity index (χ3n) is 4.14. The summed E-state index contributed by atoms with van der Waals surface area (Å²) >= 11 is 0. The van der Waals surface area contributed by atoms with Crippen LogP contribution in [0.4, 0.5) is 11.6 Å². The molecule has 1 aliphatic rings. The predicted octanol–water partition coefficient (Wildman–Crippen LogP) is 2.25. The highest BCUT2D eigenvalue weighted by Crippen LogP contribution is 2.29. The zero-order valence-corrected chi connectivity index (χ0v) is 12.7. The SMILES string of the molecule is CCC(C)[C@H]1C(=O)Nc2ccccc2CN1c1ncncn1. The van der Waals surface area contributed by atoms with Gasteiger partial charge in [0.1, 0.15) is 18.7 Å². The van der Waals surface area contributed by atoms with Crippen molar-refractivity contribution in [1.29, 1.82) is 0 Å². The number of para-hydroxylation sites is 1. The van der Waals surface area contributed by atoms with Crippen molar-refractivity contribution in [3.63, 3.8) is 0 Å². The summed E-state index contributed by atoms with van der Waals surface area (Å²) in [7, 11) is 0. The van der Waals surface area contributed by atoms with Crippen LogP contribution in [0.25, 0.3) is 0 Å². The Hall–Kier alpha value is -2.50. The van der Waals surface area contributed by atoms with Crippen LogP contribution in [0, 0.1) is 5.92 Å². The van der Waals surface area contributed by atoms with Crippen molar-refractivity contribution in [2.45, 2.75) is 32.9 Å². The van der Waals surface area contributed by atoms with E-state index in [4.69, 9.17) is 0 Å². The molecule has 1 aliphatic heterocycles. The van der Waals surface area contributed by atoms with Gasteiger partial charge in [0, 0.05) is 12.2 Å². The van der Waals surface area contributed by atoms with Gasteiger partial charge in [0.2, 0.25) is 11.9 Å². The molecule has 1 aromatic carbocycles. The monoisotopic (exact) mass is 297 g/mol. The molecule has 0 bridgehead atoms. The Balaban J connectivity index is 2.07. The lowest BCUT2D eigenvalue weighted by Gasteiger charge is -2.32. The summed E-state index contributed by atoms with van der Waals surface area (Å²) in [5.74, 6) is 0.706. The van der Waals surface area contributed by atoms with Crippen LogP contribution in [-0.4, -0.2) is 26.9 Å². The second-order valence-electron chi connectivity index (χ2n) is 5.54. The fourth-order valence-corrected chi connectivity index (χ4v) is 2.78. The van der Waals surface area contributed by atoms with Crippen LogP contribution >= 0.6 is 0 Å². The summed E-state index contributed by atoms with van der Waals surface area (Å²) in [6.45, 7) is 4.75. The number of carbonyl (C=O) groups excluding carboxylic acids is 1. The molecule has 114 valence electrons. The smallest absolute Gasteiger partial charge is 0.247 e. The Morgan fingerprint density at radius 1 is 1.32 bits per heavy atom. The molecule has 2 heterocycles. The van der Waals surface area contributed by atoms with E-state index in [9.17, 15) is 4.79 Å². The van der Waals surface area contributed by atoms with Gasteiger partial charge in [-0.3, -0.25) is 4.79 Å². The van der Waals surface area contributed by atoms with Crippen LogP contribution in [0.15, 0.2) is 36.9 Å². The number of aromatic nitrogens is 3. The average Bonchev–Trinajstić information content (AvgIpc) is 2.70. The van der Waals surface area contributed by atoms with E-state index in [0.717, 1.165) is 17.7 Å². The molecule has 6 heteroatoms. The fraction of sp³-hybridized carbons (Fsp3) is 0.375. The Morgan fingerprint density at radius 3 is 2.77 bits per heavy atom. The molecule has 1 aromatic heterocycles. The lowest BCUT2D eigenvalue weighted by Crippen LogP contribution is -2.47. The molecule has 0 radical (unpaired) electrons. The number of rotatable bonds is 3. The van der Waals surface area contributed by atoms with Crippen LogP contribution in [0.3, 0.4) is 0 Å². The van der Waals surface area contributed by atoms with Crippen LogP contribution in [0.5, 0.6) is 0 Å². The number of anilines is 2. The molecule has 1 N–H and O–H groups in total. The second-order valence-corrected chi connectivity index (χ2v) is 5.54.